The SMILES string of the molecule is CCCOCCOc1cccc(/C=C/C(=O)O)c1. The molecule has 98 valence electrons. The average Bonchev–Trinajstić information content (AvgIpc) is 2.37. The number of hydrogen-bond donors (Lipinski definition) is 1. The molecule has 4 heteroatoms. The molecule has 18 heavy (non-hydrogen) atoms. The van der Waals surface area contributed by atoms with Gasteiger partial charge >= 0.3 is 5.97 Å². The van der Waals surface area contributed by atoms with Crippen molar-refractivity contribution in [3.63, 3.8) is 0 Å². The molecule has 4 nitrogen and oxygen atoms in total. The van der Waals surface area contributed by atoms with Crippen LogP contribution in [-0.2, 0) is 9.53 Å². The highest BCUT2D eigenvalue weighted by Crippen LogP contribution is 2.14. The maximum atomic E-state index is 10.4. The van der Waals surface area contributed by atoms with Gasteiger partial charge in [0.05, 0.1) is 6.61 Å². The number of hydrogen-bond acceptors (Lipinski definition) is 3. The Morgan fingerprint density at radius 2 is 2.17 bits per heavy atom. The highest BCUT2D eigenvalue weighted by atomic mass is 16.5. The van der Waals surface area contributed by atoms with E-state index in [1.54, 1.807) is 6.07 Å². The van der Waals surface area contributed by atoms with E-state index in [2.05, 4.69) is 6.92 Å². The summed E-state index contributed by atoms with van der Waals surface area (Å²) in [4.78, 5) is 10.4. The van der Waals surface area contributed by atoms with Gasteiger partial charge in [0.2, 0.25) is 0 Å². The minimum absolute atomic E-state index is 0.492. The fourth-order valence-electron chi connectivity index (χ4n) is 1.34. The van der Waals surface area contributed by atoms with Crippen molar-refractivity contribution < 1.29 is 19.4 Å². The molecule has 0 fully saturated rings. The van der Waals surface area contributed by atoms with Crippen LogP contribution in [0.4, 0.5) is 0 Å². The molecule has 0 atom stereocenters. The van der Waals surface area contributed by atoms with Crippen molar-refractivity contribution in [2.24, 2.45) is 0 Å². The molecule has 1 rings (SSSR count). The summed E-state index contributed by atoms with van der Waals surface area (Å²) in [6.07, 6.45) is 3.63. The Morgan fingerprint density at radius 3 is 2.89 bits per heavy atom. The minimum Gasteiger partial charge on any atom is -0.491 e. The second-order valence-corrected chi connectivity index (χ2v) is 3.70. The Morgan fingerprint density at radius 1 is 1.33 bits per heavy atom. The summed E-state index contributed by atoms with van der Waals surface area (Å²) in [5.74, 6) is -0.253. The van der Waals surface area contributed by atoms with Crippen LogP contribution in [0.25, 0.3) is 6.08 Å². The van der Waals surface area contributed by atoms with Gasteiger partial charge in [-0.15, -0.1) is 0 Å². The van der Waals surface area contributed by atoms with Crippen LogP contribution in [0.15, 0.2) is 30.3 Å². The molecule has 0 amide bonds. The van der Waals surface area contributed by atoms with Crippen molar-refractivity contribution in [3.05, 3.63) is 35.9 Å². The van der Waals surface area contributed by atoms with Crippen molar-refractivity contribution in [1.29, 1.82) is 0 Å². The van der Waals surface area contributed by atoms with Crippen molar-refractivity contribution in [1.82, 2.24) is 0 Å². The maximum absolute atomic E-state index is 10.4. The van der Waals surface area contributed by atoms with Crippen LogP contribution in [-0.4, -0.2) is 30.9 Å². The van der Waals surface area contributed by atoms with Crippen molar-refractivity contribution in [2.45, 2.75) is 13.3 Å². The van der Waals surface area contributed by atoms with Gasteiger partial charge < -0.3 is 14.6 Å². The maximum Gasteiger partial charge on any atom is 0.328 e. The van der Waals surface area contributed by atoms with E-state index in [9.17, 15) is 4.79 Å². The number of carboxylic acids is 1. The van der Waals surface area contributed by atoms with Crippen LogP contribution in [0.5, 0.6) is 5.75 Å². The molecule has 0 saturated carbocycles. The lowest BCUT2D eigenvalue weighted by Crippen LogP contribution is -2.07. The summed E-state index contributed by atoms with van der Waals surface area (Å²) in [7, 11) is 0. The predicted octanol–water partition coefficient (Wildman–Crippen LogP) is 2.59. The molecule has 0 radical (unpaired) electrons. The Labute approximate surface area is 107 Å². The van der Waals surface area contributed by atoms with E-state index >= 15 is 0 Å². The first kappa shape index (κ1) is 14.3. The number of rotatable bonds is 8. The highest BCUT2D eigenvalue weighted by Gasteiger charge is 1.95. The van der Waals surface area contributed by atoms with Gasteiger partial charge in [-0.1, -0.05) is 19.1 Å². The Hall–Kier alpha value is -1.81. The molecule has 0 spiro atoms. The summed E-state index contributed by atoms with van der Waals surface area (Å²) in [6.45, 7) is 3.85. The second kappa shape index (κ2) is 8.31. The average molecular weight is 250 g/mol. The summed E-state index contributed by atoms with van der Waals surface area (Å²) in [5, 5.41) is 8.53. The fraction of sp³-hybridized carbons (Fsp3) is 0.357. The van der Waals surface area contributed by atoms with Gasteiger partial charge in [0.1, 0.15) is 12.4 Å². The Bertz CT molecular complexity index is 399. The van der Waals surface area contributed by atoms with E-state index in [-0.39, 0.29) is 0 Å². The third-order valence-electron chi connectivity index (χ3n) is 2.12. The van der Waals surface area contributed by atoms with Gasteiger partial charge in [-0.2, -0.15) is 0 Å². The van der Waals surface area contributed by atoms with Crippen molar-refractivity contribution in [2.75, 3.05) is 19.8 Å². The Balaban J connectivity index is 2.42. The largest absolute Gasteiger partial charge is 0.491 e. The first-order valence-corrected chi connectivity index (χ1v) is 5.94. The molecule has 0 heterocycles. The first-order chi connectivity index (χ1) is 8.72. The van der Waals surface area contributed by atoms with Gasteiger partial charge in [0.15, 0.2) is 0 Å². The van der Waals surface area contributed by atoms with Gasteiger partial charge in [0, 0.05) is 12.7 Å². The van der Waals surface area contributed by atoms with Crippen LogP contribution >= 0.6 is 0 Å². The van der Waals surface area contributed by atoms with Crippen LogP contribution in [0.1, 0.15) is 18.9 Å². The third kappa shape index (κ3) is 6.06. The molecule has 1 aromatic carbocycles. The molecule has 0 aromatic heterocycles. The smallest absolute Gasteiger partial charge is 0.328 e. The van der Waals surface area contributed by atoms with E-state index in [0.717, 1.165) is 24.7 Å². The molecule has 1 N–H and O–H groups in total. The molecule has 0 saturated heterocycles. The quantitative estimate of drug-likeness (QED) is 0.569. The lowest BCUT2D eigenvalue weighted by Gasteiger charge is -2.07. The zero-order valence-electron chi connectivity index (χ0n) is 10.5. The standard InChI is InChI=1S/C14H18O4/c1-2-8-17-9-10-18-13-5-3-4-12(11-13)6-7-14(15)16/h3-7,11H,2,8-10H2,1H3,(H,15,16)/b7-6+. The topological polar surface area (TPSA) is 55.8 Å². The van der Waals surface area contributed by atoms with Gasteiger partial charge in [-0.3, -0.25) is 0 Å². The normalized spacial score (nSPS) is 10.7. The van der Waals surface area contributed by atoms with Gasteiger partial charge in [-0.05, 0) is 30.2 Å². The highest BCUT2D eigenvalue weighted by molar-refractivity contribution is 5.85. The van der Waals surface area contributed by atoms with Crippen LogP contribution < -0.4 is 4.74 Å². The lowest BCUT2D eigenvalue weighted by molar-refractivity contribution is -0.131. The van der Waals surface area contributed by atoms with Crippen molar-refractivity contribution in [3.8, 4) is 5.75 Å². The van der Waals surface area contributed by atoms with E-state index in [1.807, 2.05) is 18.2 Å². The Kier molecular flexibility index (Phi) is 6.58. The molecule has 0 aliphatic carbocycles. The van der Waals surface area contributed by atoms with Crippen LogP contribution in [0.2, 0.25) is 0 Å². The summed E-state index contributed by atoms with van der Waals surface area (Å²) in [5.41, 5.74) is 0.796. The number of aliphatic carboxylic acids is 1. The molecular formula is C14H18O4. The second-order valence-electron chi connectivity index (χ2n) is 3.70. The van der Waals surface area contributed by atoms with E-state index in [0.29, 0.717) is 19.0 Å². The lowest BCUT2D eigenvalue weighted by atomic mass is 10.2. The fourth-order valence-corrected chi connectivity index (χ4v) is 1.34. The minimum atomic E-state index is -0.964. The summed E-state index contributed by atoms with van der Waals surface area (Å²) < 4.78 is 10.8. The number of benzene rings is 1. The molecule has 0 aliphatic rings. The number of carboxylic acid groups (broad SMARTS) is 1. The van der Waals surface area contributed by atoms with E-state index in [4.69, 9.17) is 14.6 Å². The van der Waals surface area contributed by atoms with Crippen molar-refractivity contribution >= 4 is 12.0 Å². The third-order valence-corrected chi connectivity index (χ3v) is 2.12. The molecule has 1 aromatic rings. The zero-order chi connectivity index (χ0) is 13.2. The number of carbonyl (C=O) groups is 1. The summed E-state index contributed by atoms with van der Waals surface area (Å²) >= 11 is 0. The predicted molar refractivity (Wildman–Crippen MR) is 69.7 cm³/mol. The molecule has 0 aliphatic heterocycles. The number of ether oxygens (including phenoxy) is 2. The zero-order valence-corrected chi connectivity index (χ0v) is 10.5. The molecular weight excluding hydrogens is 232 g/mol. The molecule has 0 bridgehead atoms. The first-order valence-electron chi connectivity index (χ1n) is 5.94. The summed E-state index contributed by atoms with van der Waals surface area (Å²) in [6, 6.07) is 7.26. The monoisotopic (exact) mass is 250 g/mol. The molecule has 0 unspecified atom stereocenters. The van der Waals surface area contributed by atoms with Crippen LogP contribution in [0, 0.1) is 0 Å². The van der Waals surface area contributed by atoms with Gasteiger partial charge in [0.25, 0.3) is 0 Å². The van der Waals surface area contributed by atoms with E-state index in [1.165, 1.54) is 6.08 Å². The van der Waals surface area contributed by atoms with Crippen LogP contribution in [0.3, 0.4) is 0 Å². The van der Waals surface area contributed by atoms with Gasteiger partial charge in [-0.25, -0.2) is 4.79 Å². The van der Waals surface area contributed by atoms with E-state index < -0.39 is 5.97 Å².